The Balaban J connectivity index is 1.98. The molecule has 1 aliphatic heterocycles. The molecule has 3 N–H and O–H groups in total. The molecule has 1 aromatic carbocycles. The number of hydrogen-bond acceptors (Lipinski definition) is 5. The summed E-state index contributed by atoms with van der Waals surface area (Å²) in [6, 6.07) is 7.46. The minimum absolute atomic E-state index is 0.329. The highest BCUT2D eigenvalue weighted by molar-refractivity contribution is 5.42. The molecule has 5 nitrogen and oxygen atoms in total. The number of ether oxygens (including phenoxy) is 2. The van der Waals surface area contributed by atoms with Crippen LogP contribution in [0.25, 0.3) is 0 Å². The van der Waals surface area contributed by atoms with Crippen molar-refractivity contribution in [3.63, 3.8) is 0 Å². The second kappa shape index (κ2) is 4.98. The van der Waals surface area contributed by atoms with Gasteiger partial charge in [0, 0.05) is 6.42 Å². The predicted octanol–water partition coefficient (Wildman–Crippen LogP) is 1.13. The van der Waals surface area contributed by atoms with Gasteiger partial charge in [-0.05, 0) is 12.1 Å². The number of hydrogen-bond donors (Lipinski definition) is 2. The number of para-hydroxylation sites is 2. The van der Waals surface area contributed by atoms with E-state index in [1.807, 2.05) is 24.3 Å². The van der Waals surface area contributed by atoms with E-state index < -0.39 is 0 Å². The lowest BCUT2D eigenvalue weighted by Gasteiger charge is -2.20. The summed E-state index contributed by atoms with van der Waals surface area (Å²) in [5.41, 5.74) is 8.34. The van der Waals surface area contributed by atoms with Crippen LogP contribution in [0.2, 0.25) is 0 Å². The maximum atomic E-state index is 5.72. The van der Waals surface area contributed by atoms with Crippen molar-refractivity contribution in [1.29, 1.82) is 0 Å². The Kier molecular flexibility index (Phi) is 3.40. The fourth-order valence-corrected chi connectivity index (χ4v) is 1.43. The molecule has 0 amide bonds. The van der Waals surface area contributed by atoms with Crippen LogP contribution in [-0.4, -0.2) is 13.3 Å². The highest BCUT2D eigenvalue weighted by Gasteiger charge is 2.15. The first kappa shape index (κ1) is 10.9. The Bertz CT molecular complexity index is 393. The van der Waals surface area contributed by atoms with Gasteiger partial charge in [-0.15, -0.1) is 0 Å². The maximum Gasteiger partial charge on any atom is 0.169 e. The molecule has 0 bridgehead atoms. The molecule has 1 aromatic rings. The molecule has 1 heterocycles. The van der Waals surface area contributed by atoms with Gasteiger partial charge in [0.1, 0.15) is 12.0 Å². The van der Waals surface area contributed by atoms with Crippen LogP contribution in [0.3, 0.4) is 0 Å². The summed E-state index contributed by atoms with van der Waals surface area (Å²) in [4.78, 5) is 4.72. The highest BCUT2D eigenvalue weighted by atomic mass is 16.6. The molecule has 0 aromatic heterocycles. The van der Waals surface area contributed by atoms with Gasteiger partial charge in [0.15, 0.2) is 11.5 Å². The van der Waals surface area contributed by atoms with E-state index in [4.69, 9.17) is 20.0 Å². The fourth-order valence-electron chi connectivity index (χ4n) is 1.43. The average molecular weight is 222 g/mol. The van der Waals surface area contributed by atoms with Crippen LogP contribution in [0.4, 0.5) is 0 Å². The minimum atomic E-state index is -0.329. The van der Waals surface area contributed by atoms with Crippen LogP contribution >= 0.6 is 0 Å². The highest BCUT2D eigenvalue weighted by Crippen LogP contribution is 2.32. The van der Waals surface area contributed by atoms with E-state index >= 15 is 0 Å². The molecule has 1 aliphatic rings. The van der Waals surface area contributed by atoms with Crippen molar-refractivity contribution < 1.29 is 14.3 Å². The number of nitrogens with two attached hydrogens (primary N) is 1. The number of benzene rings is 1. The van der Waals surface area contributed by atoms with Gasteiger partial charge in [0.25, 0.3) is 0 Å². The second-order valence-electron chi connectivity index (χ2n) is 3.38. The smallest absolute Gasteiger partial charge is 0.169 e. The van der Waals surface area contributed by atoms with Gasteiger partial charge in [0.05, 0.1) is 13.3 Å². The second-order valence-corrected chi connectivity index (χ2v) is 3.38. The Morgan fingerprint density at radius 3 is 2.88 bits per heavy atom. The van der Waals surface area contributed by atoms with E-state index in [1.54, 1.807) is 6.26 Å². The summed E-state index contributed by atoms with van der Waals surface area (Å²) >= 11 is 0. The first-order valence-electron chi connectivity index (χ1n) is 4.96. The standard InChI is InChI=1S/C11H14N2O3/c1-14-13-11(12)6-8-7-15-9-4-2-3-5-10(9)16-8/h2-5,7,11,13H,6,12H2,1H3. The molecule has 0 radical (unpaired) electrons. The number of fused-ring (bicyclic) bond motifs is 1. The number of rotatable bonds is 4. The van der Waals surface area contributed by atoms with E-state index in [0.717, 1.165) is 0 Å². The van der Waals surface area contributed by atoms with Gasteiger partial charge < -0.3 is 20.0 Å². The summed E-state index contributed by atoms with van der Waals surface area (Å²) in [7, 11) is 1.52. The average Bonchev–Trinajstić information content (AvgIpc) is 2.29. The van der Waals surface area contributed by atoms with Crippen LogP contribution in [0.1, 0.15) is 6.42 Å². The van der Waals surface area contributed by atoms with E-state index in [1.165, 1.54) is 7.11 Å². The molecule has 0 saturated heterocycles. The maximum absolute atomic E-state index is 5.72. The van der Waals surface area contributed by atoms with Crippen molar-refractivity contribution >= 4 is 0 Å². The predicted molar refractivity (Wildman–Crippen MR) is 58.5 cm³/mol. The molecule has 1 unspecified atom stereocenters. The van der Waals surface area contributed by atoms with Gasteiger partial charge in [-0.2, -0.15) is 5.48 Å². The van der Waals surface area contributed by atoms with Crippen molar-refractivity contribution in [2.24, 2.45) is 5.73 Å². The zero-order chi connectivity index (χ0) is 11.4. The molecule has 86 valence electrons. The molecule has 0 fully saturated rings. The molecular weight excluding hydrogens is 208 g/mol. The van der Waals surface area contributed by atoms with Crippen molar-refractivity contribution in [2.75, 3.05) is 7.11 Å². The molecule has 0 spiro atoms. The largest absolute Gasteiger partial charge is 0.458 e. The van der Waals surface area contributed by atoms with Gasteiger partial charge in [-0.25, -0.2) is 0 Å². The zero-order valence-electron chi connectivity index (χ0n) is 8.97. The third kappa shape index (κ3) is 2.52. The van der Waals surface area contributed by atoms with Crippen molar-refractivity contribution in [3.05, 3.63) is 36.3 Å². The van der Waals surface area contributed by atoms with Crippen LogP contribution in [0, 0.1) is 0 Å². The Morgan fingerprint density at radius 2 is 2.12 bits per heavy atom. The SMILES string of the molecule is CONC(N)CC1=COc2ccccc2O1. The lowest BCUT2D eigenvalue weighted by atomic mass is 10.2. The molecular formula is C11H14N2O3. The quantitative estimate of drug-likeness (QED) is 0.590. The van der Waals surface area contributed by atoms with Crippen LogP contribution in [0.5, 0.6) is 11.5 Å². The van der Waals surface area contributed by atoms with Gasteiger partial charge in [-0.1, -0.05) is 12.1 Å². The van der Waals surface area contributed by atoms with E-state index in [9.17, 15) is 0 Å². The van der Waals surface area contributed by atoms with E-state index in [0.29, 0.717) is 23.7 Å². The van der Waals surface area contributed by atoms with Crippen molar-refractivity contribution in [1.82, 2.24) is 5.48 Å². The first-order chi connectivity index (χ1) is 7.79. The monoisotopic (exact) mass is 222 g/mol. The Morgan fingerprint density at radius 1 is 1.38 bits per heavy atom. The molecule has 0 saturated carbocycles. The van der Waals surface area contributed by atoms with E-state index in [2.05, 4.69) is 5.48 Å². The first-order valence-corrected chi connectivity index (χ1v) is 4.96. The Labute approximate surface area is 93.7 Å². The Hall–Kier alpha value is -1.56. The molecule has 0 aliphatic carbocycles. The molecule has 16 heavy (non-hydrogen) atoms. The van der Waals surface area contributed by atoms with Crippen LogP contribution in [0.15, 0.2) is 36.3 Å². The lowest BCUT2D eigenvalue weighted by molar-refractivity contribution is 0.0593. The number of hydroxylamine groups is 1. The van der Waals surface area contributed by atoms with Crippen LogP contribution in [-0.2, 0) is 4.84 Å². The van der Waals surface area contributed by atoms with Crippen molar-refractivity contribution in [2.45, 2.75) is 12.6 Å². The molecule has 5 heteroatoms. The van der Waals surface area contributed by atoms with E-state index in [-0.39, 0.29) is 6.17 Å². The van der Waals surface area contributed by atoms with Gasteiger partial charge in [-0.3, -0.25) is 0 Å². The van der Waals surface area contributed by atoms with Crippen LogP contribution < -0.4 is 20.7 Å². The number of nitrogens with one attached hydrogen (secondary N) is 1. The summed E-state index contributed by atoms with van der Waals surface area (Å²) in [6.45, 7) is 0. The van der Waals surface area contributed by atoms with Gasteiger partial charge >= 0.3 is 0 Å². The summed E-state index contributed by atoms with van der Waals surface area (Å²) < 4.78 is 11.0. The fraction of sp³-hybridized carbons (Fsp3) is 0.273. The summed E-state index contributed by atoms with van der Waals surface area (Å²) in [5.74, 6) is 2.07. The lowest BCUT2D eigenvalue weighted by Crippen LogP contribution is -2.37. The summed E-state index contributed by atoms with van der Waals surface area (Å²) in [5, 5.41) is 0. The summed E-state index contributed by atoms with van der Waals surface area (Å²) in [6.07, 6.45) is 1.71. The zero-order valence-corrected chi connectivity index (χ0v) is 8.97. The molecule has 1 atom stereocenters. The topological polar surface area (TPSA) is 65.7 Å². The van der Waals surface area contributed by atoms with Gasteiger partial charge in [0.2, 0.25) is 0 Å². The minimum Gasteiger partial charge on any atom is -0.458 e. The third-order valence-electron chi connectivity index (χ3n) is 2.10. The molecule has 2 rings (SSSR count). The third-order valence-corrected chi connectivity index (χ3v) is 2.10. The van der Waals surface area contributed by atoms with Crippen molar-refractivity contribution in [3.8, 4) is 11.5 Å². The normalized spacial score (nSPS) is 15.5.